The van der Waals surface area contributed by atoms with E-state index in [0.29, 0.717) is 50.0 Å². The maximum Gasteiger partial charge on any atom is 0.175 e. The summed E-state index contributed by atoms with van der Waals surface area (Å²) in [5.74, 6) is 2.13. The zero-order valence-corrected chi connectivity index (χ0v) is 20.5. The van der Waals surface area contributed by atoms with Gasteiger partial charge in [0.25, 0.3) is 0 Å². The predicted octanol–water partition coefficient (Wildman–Crippen LogP) is 5.03. The first-order valence-electron chi connectivity index (χ1n) is 10.8. The lowest BCUT2D eigenvalue weighted by Crippen LogP contribution is -2.28. The van der Waals surface area contributed by atoms with Crippen LogP contribution in [0, 0.1) is 0 Å². The van der Waals surface area contributed by atoms with Gasteiger partial charge in [-0.3, -0.25) is 0 Å². The smallest absolute Gasteiger partial charge is 0.175 e. The zero-order chi connectivity index (χ0) is 24.1. The van der Waals surface area contributed by atoms with Crippen molar-refractivity contribution in [3.63, 3.8) is 0 Å². The molecule has 34 heavy (non-hydrogen) atoms. The van der Waals surface area contributed by atoms with Crippen molar-refractivity contribution in [2.75, 3.05) is 28.4 Å². The highest BCUT2D eigenvalue weighted by atomic mass is 31.2. The molecule has 0 bridgehead atoms. The third kappa shape index (κ3) is 3.93. The molecule has 0 aliphatic carbocycles. The van der Waals surface area contributed by atoms with Crippen molar-refractivity contribution in [3.05, 3.63) is 91.0 Å². The molecule has 0 unspecified atom stereocenters. The molecular formula is C28H27O5P. The monoisotopic (exact) mass is 474 g/mol. The van der Waals surface area contributed by atoms with E-state index in [1.807, 2.05) is 84.9 Å². The van der Waals surface area contributed by atoms with Crippen molar-refractivity contribution >= 4 is 23.1 Å². The van der Waals surface area contributed by atoms with Crippen LogP contribution >= 0.6 is 7.14 Å². The molecule has 0 atom stereocenters. The minimum absolute atomic E-state index is 0.497. The molecule has 4 rings (SSSR count). The van der Waals surface area contributed by atoms with Crippen molar-refractivity contribution in [1.29, 1.82) is 0 Å². The van der Waals surface area contributed by atoms with Crippen LogP contribution in [0.1, 0.15) is 0 Å². The molecule has 5 nitrogen and oxygen atoms in total. The molecule has 0 heterocycles. The van der Waals surface area contributed by atoms with Gasteiger partial charge in [0, 0.05) is 21.7 Å². The van der Waals surface area contributed by atoms with Crippen LogP contribution in [0.2, 0.25) is 0 Å². The van der Waals surface area contributed by atoms with E-state index in [-0.39, 0.29) is 0 Å². The lowest BCUT2D eigenvalue weighted by molar-refractivity contribution is 0.356. The normalized spacial score (nSPS) is 11.1. The second-order valence-corrected chi connectivity index (χ2v) is 10.2. The van der Waals surface area contributed by atoms with Gasteiger partial charge >= 0.3 is 0 Å². The number of benzene rings is 4. The third-order valence-electron chi connectivity index (χ3n) is 5.77. The summed E-state index contributed by atoms with van der Waals surface area (Å²) in [6.45, 7) is 0. The maximum absolute atomic E-state index is 15.4. The van der Waals surface area contributed by atoms with Crippen LogP contribution in [0.25, 0.3) is 11.1 Å². The topological polar surface area (TPSA) is 54.0 Å². The van der Waals surface area contributed by atoms with Crippen LogP contribution in [0.4, 0.5) is 0 Å². The number of ether oxygens (including phenoxy) is 4. The average Bonchev–Trinajstić information content (AvgIpc) is 2.92. The van der Waals surface area contributed by atoms with Gasteiger partial charge in [-0.2, -0.15) is 0 Å². The van der Waals surface area contributed by atoms with Gasteiger partial charge in [-0.1, -0.05) is 72.8 Å². The second-order valence-electron chi connectivity index (χ2n) is 7.52. The van der Waals surface area contributed by atoms with Crippen LogP contribution in [0.3, 0.4) is 0 Å². The molecule has 0 N–H and O–H groups in total. The Balaban J connectivity index is 2.20. The second kappa shape index (κ2) is 10.1. The molecular weight excluding hydrogens is 447 g/mol. The van der Waals surface area contributed by atoms with Gasteiger partial charge in [0.1, 0.15) is 11.5 Å². The van der Waals surface area contributed by atoms with E-state index in [9.17, 15) is 0 Å². The average molecular weight is 474 g/mol. The van der Waals surface area contributed by atoms with Crippen LogP contribution in [0.15, 0.2) is 91.0 Å². The van der Waals surface area contributed by atoms with Gasteiger partial charge < -0.3 is 23.5 Å². The fraction of sp³-hybridized carbons (Fsp3) is 0.143. The Hall–Kier alpha value is -3.69. The molecule has 0 aromatic heterocycles. The van der Waals surface area contributed by atoms with Crippen LogP contribution < -0.4 is 34.9 Å². The highest BCUT2D eigenvalue weighted by Gasteiger charge is 2.37. The van der Waals surface area contributed by atoms with E-state index in [2.05, 4.69) is 0 Å². The number of methoxy groups -OCH3 is 4. The summed E-state index contributed by atoms with van der Waals surface area (Å²) in [5.41, 5.74) is 1.33. The van der Waals surface area contributed by atoms with Crippen molar-refractivity contribution in [2.45, 2.75) is 0 Å². The first-order valence-corrected chi connectivity index (χ1v) is 12.5. The number of hydrogen-bond donors (Lipinski definition) is 0. The zero-order valence-electron chi connectivity index (χ0n) is 19.6. The summed E-state index contributed by atoms with van der Waals surface area (Å²) in [5, 5.41) is 1.92. The highest BCUT2D eigenvalue weighted by Crippen LogP contribution is 2.52. The molecule has 174 valence electrons. The molecule has 4 aromatic carbocycles. The molecule has 0 saturated carbocycles. The SMILES string of the molecule is COc1cccc(-c2c(OC)ccc(OC)c2P(=O)(c2ccccc2)c2ccccc2)c1OC. The molecule has 0 radical (unpaired) electrons. The lowest BCUT2D eigenvalue weighted by atomic mass is 10.0. The Labute approximate surface area is 200 Å². The van der Waals surface area contributed by atoms with E-state index in [1.165, 1.54) is 0 Å². The van der Waals surface area contributed by atoms with Crippen molar-refractivity contribution in [3.8, 4) is 34.1 Å². The van der Waals surface area contributed by atoms with E-state index >= 15 is 4.57 Å². The van der Waals surface area contributed by atoms with Crippen LogP contribution in [-0.4, -0.2) is 28.4 Å². The Morgan fingerprint density at radius 2 is 1.06 bits per heavy atom. The molecule has 0 aliphatic heterocycles. The first-order chi connectivity index (χ1) is 16.6. The summed E-state index contributed by atoms with van der Waals surface area (Å²) >= 11 is 0. The van der Waals surface area contributed by atoms with E-state index in [1.54, 1.807) is 34.5 Å². The molecule has 0 aliphatic rings. The summed E-state index contributed by atoms with van der Waals surface area (Å²) in [6.07, 6.45) is 0. The van der Waals surface area contributed by atoms with Gasteiger partial charge in [0.15, 0.2) is 18.6 Å². The number of para-hydroxylation sites is 1. The highest BCUT2D eigenvalue weighted by molar-refractivity contribution is 7.85. The van der Waals surface area contributed by atoms with Gasteiger partial charge in [-0.15, -0.1) is 0 Å². The minimum Gasteiger partial charge on any atom is -0.496 e. The van der Waals surface area contributed by atoms with Crippen molar-refractivity contribution < 1.29 is 23.5 Å². The molecule has 4 aromatic rings. The summed E-state index contributed by atoms with van der Waals surface area (Å²) in [6, 6.07) is 28.2. The molecule has 0 spiro atoms. The quantitative estimate of drug-likeness (QED) is 0.336. The van der Waals surface area contributed by atoms with Gasteiger partial charge in [0.05, 0.1) is 33.7 Å². The largest absolute Gasteiger partial charge is 0.496 e. The molecule has 0 fully saturated rings. The Bertz CT molecular complexity index is 1280. The minimum atomic E-state index is -3.43. The summed E-state index contributed by atoms with van der Waals surface area (Å²) in [4.78, 5) is 0. The lowest BCUT2D eigenvalue weighted by Gasteiger charge is -2.27. The van der Waals surface area contributed by atoms with Gasteiger partial charge in [-0.05, 0) is 18.2 Å². The number of hydrogen-bond acceptors (Lipinski definition) is 5. The van der Waals surface area contributed by atoms with Crippen molar-refractivity contribution in [2.24, 2.45) is 0 Å². The Morgan fingerprint density at radius 3 is 1.56 bits per heavy atom. The van der Waals surface area contributed by atoms with E-state index < -0.39 is 7.14 Å². The number of rotatable bonds is 8. The predicted molar refractivity (Wildman–Crippen MR) is 137 cm³/mol. The standard InChI is InChI=1S/C28H27O5P/c1-30-23-18-19-25(32-3)28(26(23)22-16-11-17-24(31-2)27(22)33-4)34(29,20-12-7-5-8-13-20)21-14-9-6-10-15-21/h5-19H,1-4H3. The summed E-state index contributed by atoms with van der Waals surface area (Å²) < 4.78 is 38.4. The fourth-order valence-electron chi connectivity index (χ4n) is 4.23. The van der Waals surface area contributed by atoms with Gasteiger partial charge in [-0.25, -0.2) is 0 Å². The Kier molecular flexibility index (Phi) is 6.95. The maximum atomic E-state index is 15.4. The van der Waals surface area contributed by atoms with Gasteiger partial charge in [0.2, 0.25) is 0 Å². The van der Waals surface area contributed by atoms with E-state index in [4.69, 9.17) is 18.9 Å². The third-order valence-corrected chi connectivity index (χ3v) is 8.89. The first kappa shape index (κ1) is 23.5. The van der Waals surface area contributed by atoms with Crippen LogP contribution in [0.5, 0.6) is 23.0 Å². The van der Waals surface area contributed by atoms with E-state index in [0.717, 1.165) is 0 Å². The van der Waals surface area contributed by atoms with Crippen LogP contribution in [-0.2, 0) is 4.57 Å². The summed E-state index contributed by atoms with van der Waals surface area (Å²) in [7, 11) is 2.92. The molecule has 0 amide bonds. The molecule has 6 heteroatoms. The Morgan fingerprint density at radius 1 is 0.529 bits per heavy atom. The molecule has 0 saturated heterocycles. The van der Waals surface area contributed by atoms with Crippen molar-refractivity contribution in [1.82, 2.24) is 0 Å². The fourth-order valence-corrected chi connectivity index (χ4v) is 7.25.